The van der Waals surface area contributed by atoms with Crippen molar-refractivity contribution in [1.29, 1.82) is 0 Å². The average Bonchev–Trinajstić information content (AvgIpc) is 2.39. The molecule has 2 aromatic rings. The first kappa shape index (κ1) is 13.9. The van der Waals surface area contributed by atoms with E-state index in [2.05, 4.69) is 28.7 Å². The monoisotopic (exact) mass is 368 g/mol. The summed E-state index contributed by atoms with van der Waals surface area (Å²) in [5, 5.41) is 9.26. The summed E-state index contributed by atoms with van der Waals surface area (Å²) in [7, 11) is 1.53. The Morgan fingerprint density at radius 2 is 2.05 bits per heavy atom. The number of carboxylic acid groups (broad SMARTS) is 1. The highest BCUT2D eigenvalue weighted by Crippen LogP contribution is 2.21. The number of aromatic carboxylic acids is 1. The molecule has 3 nitrogen and oxygen atoms in total. The molecule has 98 valence electrons. The van der Waals surface area contributed by atoms with E-state index >= 15 is 0 Å². The fraction of sp³-hybridized carbons (Fsp3) is 0.133. The molecule has 0 radical (unpaired) electrons. The Balaban J connectivity index is 2.36. The van der Waals surface area contributed by atoms with E-state index < -0.39 is 5.97 Å². The minimum absolute atomic E-state index is 0.290. The number of rotatable bonds is 4. The van der Waals surface area contributed by atoms with Gasteiger partial charge in [-0.1, -0.05) is 18.2 Å². The van der Waals surface area contributed by atoms with Crippen molar-refractivity contribution in [3.8, 4) is 5.75 Å². The molecule has 0 heterocycles. The van der Waals surface area contributed by atoms with Crippen LogP contribution in [-0.4, -0.2) is 18.2 Å². The van der Waals surface area contributed by atoms with Crippen molar-refractivity contribution in [2.24, 2.45) is 0 Å². The van der Waals surface area contributed by atoms with Crippen molar-refractivity contribution < 1.29 is 14.6 Å². The molecule has 0 amide bonds. The molecule has 2 rings (SSSR count). The predicted octanol–water partition coefficient (Wildman–Crippen LogP) is 3.59. The van der Waals surface area contributed by atoms with Gasteiger partial charge in [0.1, 0.15) is 5.75 Å². The summed E-state index contributed by atoms with van der Waals surface area (Å²) in [6.07, 6.45) is 0.600. The smallest absolute Gasteiger partial charge is 0.336 e. The van der Waals surface area contributed by atoms with Gasteiger partial charge in [0.05, 0.1) is 12.7 Å². The standard InChI is InChI=1S/C15H13IO3/c1-19-13-6-5-11(14(9-13)15(17)18)7-10-3-2-4-12(16)8-10/h2-6,8-9H,7H2,1H3,(H,17,18). The van der Waals surface area contributed by atoms with Crippen LogP contribution in [-0.2, 0) is 6.42 Å². The topological polar surface area (TPSA) is 46.5 Å². The molecular formula is C15H13IO3. The molecule has 0 saturated heterocycles. The number of benzene rings is 2. The maximum atomic E-state index is 11.3. The first-order valence-corrected chi connectivity index (χ1v) is 6.82. The minimum atomic E-state index is -0.931. The zero-order valence-corrected chi connectivity index (χ0v) is 12.5. The highest BCUT2D eigenvalue weighted by molar-refractivity contribution is 14.1. The SMILES string of the molecule is COc1ccc(Cc2cccc(I)c2)c(C(=O)O)c1. The lowest BCUT2D eigenvalue weighted by atomic mass is 9.99. The molecule has 0 unspecified atom stereocenters. The largest absolute Gasteiger partial charge is 0.497 e. The summed E-state index contributed by atoms with van der Waals surface area (Å²) in [5.74, 6) is -0.372. The molecule has 1 N–H and O–H groups in total. The second kappa shape index (κ2) is 6.06. The van der Waals surface area contributed by atoms with Gasteiger partial charge >= 0.3 is 5.97 Å². The van der Waals surface area contributed by atoms with Gasteiger partial charge in [-0.05, 0) is 64.4 Å². The highest BCUT2D eigenvalue weighted by Gasteiger charge is 2.12. The molecule has 0 fully saturated rings. The lowest BCUT2D eigenvalue weighted by Crippen LogP contribution is -2.04. The second-order valence-electron chi connectivity index (χ2n) is 4.13. The Hall–Kier alpha value is -1.56. The molecule has 4 heteroatoms. The Kier molecular flexibility index (Phi) is 4.42. The van der Waals surface area contributed by atoms with E-state index in [0.717, 1.165) is 14.7 Å². The molecular weight excluding hydrogens is 355 g/mol. The van der Waals surface area contributed by atoms with Crippen LogP contribution in [0.25, 0.3) is 0 Å². The maximum Gasteiger partial charge on any atom is 0.336 e. The zero-order valence-electron chi connectivity index (χ0n) is 10.4. The number of methoxy groups -OCH3 is 1. The molecule has 0 atom stereocenters. The summed E-state index contributed by atoms with van der Waals surface area (Å²) in [4.78, 5) is 11.3. The summed E-state index contributed by atoms with van der Waals surface area (Å²) in [5.41, 5.74) is 2.17. The quantitative estimate of drug-likeness (QED) is 0.840. The number of hydrogen-bond acceptors (Lipinski definition) is 2. The van der Waals surface area contributed by atoms with Crippen LogP contribution in [0.4, 0.5) is 0 Å². The van der Waals surface area contributed by atoms with E-state index in [-0.39, 0.29) is 0 Å². The number of ether oxygens (including phenoxy) is 1. The van der Waals surface area contributed by atoms with Crippen LogP contribution >= 0.6 is 22.6 Å². The molecule has 0 bridgehead atoms. The van der Waals surface area contributed by atoms with Crippen LogP contribution in [0, 0.1) is 3.57 Å². The number of carboxylic acids is 1. The Morgan fingerprint density at radius 1 is 1.26 bits per heavy atom. The molecule has 0 aromatic heterocycles. The highest BCUT2D eigenvalue weighted by atomic mass is 127. The van der Waals surface area contributed by atoms with Crippen molar-refractivity contribution in [2.45, 2.75) is 6.42 Å². The van der Waals surface area contributed by atoms with E-state index in [9.17, 15) is 9.90 Å². The Bertz CT molecular complexity index is 608. The third kappa shape index (κ3) is 3.47. The summed E-state index contributed by atoms with van der Waals surface area (Å²) >= 11 is 2.25. The molecule has 0 aliphatic carbocycles. The third-order valence-corrected chi connectivity index (χ3v) is 3.50. The second-order valence-corrected chi connectivity index (χ2v) is 5.38. The van der Waals surface area contributed by atoms with Gasteiger partial charge in [-0.25, -0.2) is 4.79 Å². The third-order valence-electron chi connectivity index (χ3n) is 2.83. The fourth-order valence-electron chi connectivity index (χ4n) is 1.90. The van der Waals surface area contributed by atoms with Gasteiger partial charge < -0.3 is 9.84 Å². The van der Waals surface area contributed by atoms with Crippen LogP contribution in [0.5, 0.6) is 5.75 Å². The Labute approximate surface area is 125 Å². The first-order chi connectivity index (χ1) is 9.10. The Morgan fingerprint density at radius 3 is 2.68 bits per heavy atom. The van der Waals surface area contributed by atoms with Gasteiger partial charge in [0.15, 0.2) is 0 Å². The molecule has 0 spiro atoms. The summed E-state index contributed by atoms with van der Waals surface area (Å²) in [6.45, 7) is 0. The van der Waals surface area contributed by atoms with Gasteiger partial charge in [0.2, 0.25) is 0 Å². The van der Waals surface area contributed by atoms with Gasteiger partial charge in [-0.15, -0.1) is 0 Å². The average molecular weight is 368 g/mol. The van der Waals surface area contributed by atoms with Crippen LogP contribution < -0.4 is 4.74 Å². The van der Waals surface area contributed by atoms with Crippen LogP contribution in [0.2, 0.25) is 0 Å². The van der Waals surface area contributed by atoms with E-state index in [1.54, 1.807) is 12.1 Å². The van der Waals surface area contributed by atoms with Gasteiger partial charge in [-0.3, -0.25) is 0 Å². The van der Waals surface area contributed by atoms with Gasteiger partial charge in [0.25, 0.3) is 0 Å². The van der Waals surface area contributed by atoms with Crippen LogP contribution in [0.1, 0.15) is 21.5 Å². The van der Waals surface area contributed by atoms with E-state index in [1.165, 1.54) is 7.11 Å². The van der Waals surface area contributed by atoms with Crippen molar-refractivity contribution >= 4 is 28.6 Å². The number of hydrogen-bond donors (Lipinski definition) is 1. The van der Waals surface area contributed by atoms with Crippen LogP contribution in [0.3, 0.4) is 0 Å². The fourth-order valence-corrected chi connectivity index (χ4v) is 2.51. The zero-order chi connectivity index (χ0) is 13.8. The molecule has 0 aliphatic heterocycles. The van der Waals surface area contributed by atoms with E-state index in [1.807, 2.05) is 24.3 Å². The van der Waals surface area contributed by atoms with E-state index in [0.29, 0.717) is 17.7 Å². The van der Waals surface area contributed by atoms with Crippen molar-refractivity contribution in [3.05, 3.63) is 62.7 Å². The van der Waals surface area contributed by atoms with Gasteiger partial charge in [0, 0.05) is 3.57 Å². The maximum absolute atomic E-state index is 11.3. The lowest BCUT2D eigenvalue weighted by Gasteiger charge is -2.09. The minimum Gasteiger partial charge on any atom is -0.497 e. The normalized spacial score (nSPS) is 10.2. The van der Waals surface area contributed by atoms with Crippen LogP contribution in [0.15, 0.2) is 42.5 Å². The van der Waals surface area contributed by atoms with Crippen molar-refractivity contribution in [1.82, 2.24) is 0 Å². The lowest BCUT2D eigenvalue weighted by molar-refractivity contribution is 0.0695. The molecule has 0 saturated carbocycles. The predicted molar refractivity (Wildman–Crippen MR) is 81.9 cm³/mol. The number of carbonyl (C=O) groups is 1. The van der Waals surface area contributed by atoms with Crippen molar-refractivity contribution in [2.75, 3.05) is 7.11 Å². The summed E-state index contributed by atoms with van der Waals surface area (Å²) < 4.78 is 6.20. The summed E-state index contributed by atoms with van der Waals surface area (Å²) in [6, 6.07) is 13.2. The number of halogens is 1. The van der Waals surface area contributed by atoms with E-state index in [4.69, 9.17) is 4.74 Å². The molecule has 0 aliphatic rings. The molecule has 2 aromatic carbocycles. The van der Waals surface area contributed by atoms with Gasteiger partial charge in [-0.2, -0.15) is 0 Å². The molecule has 19 heavy (non-hydrogen) atoms. The van der Waals surface area contributed by atoms with Crippen molar-refractivity contribution in [3.63, 3.8) is 0 Å². The first-order valence-electron chi connectivity index (χ1n) is 5.75.